The summed E-state index contributed by atoms with van der Waals surface area (Å²) in [6.45, 7) is 0.865. The molecule has 0 radical (unpaired) electrons. The number of hydrogen-bond acceptors (Lipinski definition) is 6. The third kappa shape index (κ3) is 15.1. The average molecular weight is 851 g/mol. The normalized spacial score (nSPS) is 11.9. The molecule has 0 heterocycles. The van der Waals surface area contributed by atoms with E-state index in [9.17, 15) is 24.3 Å². The van der Waals surface area contributed by atoms with Gasteiger partial charge < -0.3 is 31.1 Å². The Labute approximate surface area is 327 Å². The molecule has 5 N–H and O–H groups in total. The smallest absolute Gasteiger partial charge is 0.407 e. The summed E-state index contributed by atoms with van der Waals surface area (Å²) in [6.07, 6.45) is 3.09. The molecule has 280 valence electrons. The van der Waals surface area contributed by atoms with Crippen molar-refractivity contribution in [2.75, 3.05) is 13.1 Å². The van der Waals surface area contributed by atoms with Gasteiger partial charge in [0.05, 0.1) is 8.95 Å². The van der Waals surface area contributed by atoms with Crippen LogP contribution in [0.5, 0.6) is 5.75 Å². The van der Waals surface area contributed by atoms with Crippen molar-refractivity contribution < 1.29 is 29.0 Å². The predicted molar refractivity (Wildman–Crippen MR) is 212 cm³/mol. The molecule has 0 aliphatic carbocycles. The summed E-state index contributed by atoms with van der Waals surface area (Å²) in [5.74, 6) is -1.11. The second-order valence-electron chi connectivity index (χ2n) is 12.6. The molecule has 0 fully saturated rings. The van der Waals surface area contributed by atoms with Crippen molar-refractivity contribution in [3.63, 3.8) is 0 Å². The number of amides is 4. The predicted octanol–water partition coefficient (Wildman–Crippen LogP) is 6.91. The highest BCUT2D eigenvalue weighted by Gasteiger charge is 2.27. The largest absolute Gasteiger partial charge is 0.506 e. The maximum absolute atomic E-state index is 13.9. The number of rotatable bonds is 20. The van der Waals surface area contributed by atoms with Crippen molar-refractivity contribution in [1.29, 1.82) is 0 Å². The minimum atomic E-state index is -0.997. The summed E-state index contributed by atoms with van der Waals surface area (Å²) in [5.41, 5.74) is 3.75. The van der Waals surface area contributed by atoms with Crippen molar-refractivity contribution >= 4 is 55.7 Å². The van der Waals surface area contributed by atoms with E-state index in [0.717, 1.165) is 16.7 Å². The molecule has 0 saturated carbocycles. The zero-order valence-corrected chi connectivity index (χ0v) is 32.7. The number of ether oxygens (including phenoxy) is 1. The first-order valence-corrected chi connectivity index (χ1v) is 19.3. The highest BCUT2D eigenvalue weighted by molar-refractivity contribution is 9.11. The molecule has 0 aliphatic heterocycles. The van der Waals surface area contributed by atoms with E-state index in [0.29, 0.717) is 66.1 Å². The molecule has 4 amide bonds. The minimum Gasteiger partial charge on any atom is -0.506 e. The molecule has 4 aromatic carbocycles. The van der Waals surface area contributed by atoms with E-state index in [1.54, 1.807) is 12.1 Å². The van der Waals surface area contributed by atoms with Gasteiger partial charge in [0, 0.05) is 25.9 Å². The maximum atomic E-state index is 13.9. The third-order valence-electron chi connectivity index (χ3n) is 8.47. The van der Waals surface area contributed by atoms with Crippen molar-refractivity contribution in [1.82, 2.24) is 21.3 Å². The zero-order chi connectivity index (χ0) is 37.8. The molecule has 53 heavy (non-hydrogen) atoms. The van der Waals surface area contributed by atoms with Gasteiger partial charge in [0.1, 0.15) is 24.4 Å². The molecule has 0 unspecified atom stereocenters. The van der Waals surface area contributed by atoms with Crippen LogP contribution in [0, 0.1) is 0 Å². The zero-order valence-electron chi connectivity index (χ0n) is 29.5. The summed E-state index contributed by atoms with van der Waals surface area (Å²) in [4.78, 5) is 52.8. The number of benzene rings is 4. The highest BCUT2D eigenvalue weighted by Crippen LogP contribution is 2.33. The first kappa shape index (κ1) is 41.1. The third-order valence-corrected chi connectivity index (χ3v) is 9.68. The standard InChI is InChI=1S/C41H46Br2N4O6/c42-33-25-32(26-34(43)38(33)49)27-36(46-37(48)21-12-19-29-13-4-1-5-14-29)40(51)47-35(39(50)44-24-22-30-15-6-2-7-16-30)20-10-11-23-45-41(52)53-28-31-17-8-3-9-18-31/h1-9,13-18,25-26,35-36,49H,10-12,19-24,27-28H2,(H,44,50)(H,45,52)(H,46,48)(H,47,51)/t35-,36+/m0/s1. The van der Waals surface area contributed by atoms with Crippen LogP contribution in [0.3, 0.4) is 0 Å². The van der Waals surface area contributed by atoms with Crippen LogP contribution >= 0.6 is 31.9 Å². The van der Waals surface area contributed by atoms with Gasteiger partial charge in [-0.3, -0.25) is 14.4 Å². The fourth-order valence-corrected chi connectivity index (χ4v) is 6.90. The number of halogens is 2. The maximum Gasteiger partial charge on any atom is 0.407 e. The average Bonchev–Trinajstić information content (AvgIpc) is 3.16. The molecular formula is C41H46Br2N4O6. The fourth-order valence-electron chi connectivity index (χ4n) is 5.62. The van der Waals surface area contributed by atoms with E-state index in [2.05, 4.69) is 53.1 Å². The molecule has 2 atom stereocenters. The first-order valence-electron chi connectivity index (χ1n) is 17.7. The fraction of sp³-hybridized carbons (Fsp3) is 0.317. The van der Waals surface area contributed by atoms with Gasteiger partial charge in [-0.2, -0.15) is 0 Å². The minimum absolute atomic E-state index is 0.0193. The molecule has 4 aromatic rings. The van der Waals surface area contributed by atoms with E-state index in [1.165, 1.54) is 0 Å². The van der Waals surface area contributed by atoms with Gasteiger partial charge in [-0.15, -0.1) is 0 Å². The summed E-state index contributed by atoms with van der Waals surface area (Å²) in [7, 11) is 0. The molecule has 12 heteroatoms. The molecule has 0 aromatic heterocycles. The molecular weight excluding hydrogens is 804 g/mol. The SMILES string of the molecule is O=C(CCCc1ccccc1)N[C@H](Cc1cc(Br)c(O)c(Br)c1)C(=O)N[C@@H](CCCCNC(=O)OCc1ccccc1)C(=O)NCCc1ccccc1. The van der Waals surface area contributed by atoms with Crippen molar-refractivity contribution in [2.45, 2.75) is 70.1 Å². The quantitative estimate of drug-likeness (QED) is 0.0612. The van der Waals surface area contributed by atoms with Crippen molar-refractivity contribution in [2.24, 2.45) is 0 Å². The van der Waals surface area contributed by atoms with Gasteiger partial charge >= 0.3 is 6.09 Å². The van der Waals surface area contributed by atoms with Gasteiger partial charge in [0.25, 0.3) is 0 Å². The number of alkyl carbamates (subject to hydrolysis) is 1. The molecule has 0 aliphatic rings. The van der Waals surface area contributed by atoms with Crippen LogP contribution in [0.4, 0.5) is 4.79 Å². The number of unbranched alkanes of at least 4 members (excludes halogenated alkanes) is 1. The van der Waals surface area contributed by atoms with Crippen LogP contribution < -0.4 is 21.3 Å². The van der Waals surface area contributed by atoms with Gasteiger partial charge in [0.2, 0.25) is 17.7 Å². The number of nitrogens with one attached hydrogen (secondary N) is 4. The lowest BCUT2D eigenvalue weighted by atomic mass is 10.0. The van der Waals surface area contributed by atoms with Crippen LogP contribution in [0.2, 0.25) is 0 Å². The summed E-state index contributed by atoms with van der Waals surface area (Å²) in [5, 5.41) is 21.7. The van der Waals surface area contributed by atoms with Crippen molar-refractivity contribution in [3.05, 3.63) is 134 Å². The Morgan fingerprint density at radius 1 is 0.623 bits per heavy atom. The molecule has 0 bridgehead atoms. The Hall–Kier alpha value is -4.68. The second-order valence-corrected chi connectivity index (χ2v) is 14.4. The van der Waals surface area contributed by atoms with E-state index in [4.69, 9.17) is 4.74 Å². The first-order chi connectivity index (χ1) is 25.7. The summed E-state index contributed by atoms with van der Waals surface area (Å²) < 4.78 is 6.14. The Bertz CT molecular complexity index is 1740. The Morgan fingerprint density at radius 2 is 1.21 bits per heavy atom. The Balaban J connectivity index is 1.38. The van der Waals surface area contributed by atoms with E-state index < -0.39 is 24.1 Å². The van der Waals surface area contributed by atoms with Gasteiger partial charge in [-0.05, 0) is 105 Å². The number of carbonyl (C=O) groups is 4. The van der Waals surface area contributed by atoms with E-state index >= 15 is 0 Å². The Morgan fingerprint density at radius 3 is 1.83 bits per heavy atom. The summed E-state index contributed by atoms with van der Waals surface area (Å²) >= 11 is 6.69. The molecule has 4 rings (SSSR count). The van der Waals surface area contributed by atoms with Crippen molar-refractivity contribution in [3.8, 4) is 5.75 Å². The monoisotopic (exact) mass is 848 g/mol. The second kappa shape index (κ2) is 22.4. The van der Waals surface area contributed by atoms with Gasteiger partial charge in [0.15, 0.2) is 0 Å². The molecule has 0 saturated heterocycles. The highest BCUT2D eigenvalue weighted by atomic mass is 79.9. The summed E-state index contributed by atoms with van der Waals surface area (Å²) in [6, 6.07) is 30.5. The number of phenols is 1. The number of aromatic hydroxyl groups is 1. The lowest BCUT2D eigenvalue weighted by Crippen LogP contribution is -2.54. The van der Waals surface area contributed by atoms with E-state index in [1.807, 2.05) is 91.0 Å². The van der Waals surface area contributed by atoms with Crippen LogP contribution in [0.25, 0.3) is 0 Å². The number of hydrogen-bond donors (Lipinski definition) is 5. The lowest BCUT2D eigenvalue weighted by Gasteiger charge is -2.24. The molecule has 10 nitrogen and oxygen atoms in total. The van der Waals surface area contributed by atoms with Crippen LogP contribution in [-0.4, -0.2) is 54.1 Å². The number of carbonyl (C=O) groups excluding carboxylic acids is 4. The number of phenolic OH excluding ortho intramolecular Hbond substituents is 1. The van der Waals surface area contributed by atoms with Crippen LogP contribution in [-0.2, 0) is 45.0 Å². The lowest BCUT2D eigenvalue weighted by molar-refractivity contribution is -0.132. The number of aryl methyl sites for hydroxylation is 1. The molecule has 0 spiro atoms. The Kier molecular flexibility index (Phi) is 17.4. The van der Waals surface area contributed by atoms with E-state index in [-0.39, 0.29) is 37.0 Å². The topological polar surface area (TPSA) is 146 Å². The van der Waals surface area contributed by atoms with Gasteiger partial charge in [-0.1, -0.05) is 91.0 Å². The van der Waals surface area contributed by atoms with Crippen LogP contribution in [0.1, 0.15) is 54.4 Å². The van der Waals surface area contributed by atoms with Gasteiger partial charge in [-0.25, -0.2) is 4.79 Å². The van der Waals surface area contributed by atoms with Crippen LogP contribution in [0.15, 0.2) is 112 Å².